The lowest BCUT2D eigenvalue weighted by molar-refractivity contribution is 0.0950. The van der Waals surface area contributed by atoms with Gasteiger partial charge in [-0.1, -0.05) is 30.9 Å². The molecule has 1 aliphatic carbocycles. The van der Waals surface area contributed by atoms with E-state index in [1.165, 1.54) is 44.2 Å². The number of hydrogen-bond acceptors (Lipinski definition) is 2. The SMILES string of the molecule is CN(CCCNC(=O)c1ccc(F)cc1Cl)C1CCCCC1. The molecule has 0 saturated heterocycles. The Hall–Kier alpha value is -1.13. The zero-order valence-corrected chi connectivity index (χ0v) is 13.8. The summed E-state index contributed by atoms with van der Waals surface area (Å²) in [5, 5.41) is 2.99. The summed E-state index contributed by atoms with van der Waals surface area (Å²) < 4.78 is 13.0. The molecule has 122 valence electrons. The highest BCUT2D eigenvalue weighted by Gasteiger charge is 2.17. The van der Waals surface area contributed by atoms with E-state index in [0.717, 1.165) is 19.0 Å². The Labute approximate surface area is 136 Å². The average molecular weight is 327 g/mol. The van der Waals surface area contributed by atoms with E-state index in [0.29, 0.717) is 18.2 Å². The third-order valence-corrected chi connectivity index (χ3v) is 4.66. The Bertz CT molecular complexity index is 503. The molecule has 0 bridgehead atoms. The van der Waals surface area contributed by atoms with Crippen molar-refractivity contribution in [3.63, 3.8) is 0 Å². The van der Waals surface area contributed by atoms with Gasteiger partial charge in [0, 0.05) is 12.6 Å². The predicted octanol–water partition coefficient (Wildman–Crippen LogP) is 3.86. The second-order valence-corrected chi connectivity index (χ2v) is 6.41. The molecule has 1 fully saturated rings. The zero-order chi connectivity index (χ0) is 15.9. The summed E-state index contributed by atoms with van der Waals surface area (Å²) in [4.78, 5) is 14.4. The maximum Gasteiger partial charge on any atom is 0.252 e. The molecular formula is C17H24ClFN2O. The molecule has 5 heteroatoms. The molecule has 1 amide bonds. The van der Waals surface area contributed by atoms with Crippen molar-refractivity contribution in [1.82, 2.24) is 10.2 Å². The van der Waals surface area contributed by atoms with Crippen LogP contribution < -0.4 is 5.32 Å². The van der Waals surface area contributed by atoms with Crippen LogP contribution in [0.15, 0.2) is 18.2 Å². The van der Waals surface area contributed by atoms with Gasteiger partial charge in [-0.25, -0.2) is 4.39 Å². The lowest BCUT2D eigenvalue weighted by Gasteiger charge is -2.31. The largest absolute Gasteiger partial charge is 0.352 e. The number of hydrogen-bond donors (Lipinski definition) is 1. The molecule has 0 heterocycles. The molecule has 0 radical (unpaired) electrons. The molecule has 1 aromatic rings. The number of amides is 1. The van der Waals surface area contributed by atoms with E-state index in [-0.39, 0.29) is 10.9 Å². The van der Waals surface area contributed by atoms with Crippen molar-refractivity contribution in [3.8, 4) is 0 Å². The van der Waals surface area contributed by atoms with E-state index < -0.39 is 5.82 Å². The molecular weight excluding hydrogens is 303 g/mol. The molecule has 3 nitrogen and oxygen atoms in total. The van der Waals surface area contributed by atoms with Crippen molar-refractivity contribution in [2.45, 2.75) is 44.6 Å². The van der Waals surface area contributed by atoms with Crippen LogP contribution in [0.1, 0.15) is 48.9 Å². The normalized spacial score (nSPS) is 16.0. The summed E-state index contributed by atoms with van der Waals surface area (Å²) in [5.41, 5.74) is 0.323. The van der Waals surface area contributed by atoms with Gasteiger partial charge in [-0.3, -0.25) is 4.79 Å². The van der Waals surface area contributed by atoms with Crippen LogP contribution in [0.25, 0.3) is 0 Å². The molecule has 0 aliphatic heterocycles. The van der Waals surface area contributed by atoms with Gasteiger partial charge in [-0.05, 0) is 51.1 Å². The van der Waals surface area contributed by atoms with Gasteiger partial charge in [-0.2, -0.15) is 0 Å². The molecule has 2 rings (SSSR count). The number of carbonyl (C=O) groups excluding carboxylic acids is 1. The monoisotopic (exact) mass is 326 g/mol. The standard InChI is InChI=1S/C17H24ClFN2O/c1-21(14-6-3-2-4-7-14)11-5-10-20-17(22)15-9-8-13(19)12-16(15)18/h8-9,12,14H,2-7,10-11H2,1H3,(H,20,22). The third-order valence-electron chi connectivity index (χ3n) is 4.35. The van der Waals surface area contributed by atoms with Crippen LogP contribution in [-0.4, -0.2) is 37.0 Å². The first-order valence-electron chi connectivity index (χ1n) is 8.01. The van der Waals surface area contributed by atoms with Crippen LogP contribution in [-0.2, 0) is 0 Å². The quantitative estimate of drug-likeness (QED) is 0.805. The fraction of sp³-hybridized carbons (Fsp3) is 0.588. The maximum atomic E-state index is 13.0. The van der Waals surface area contributed by atoms with Crippen molar-refractivity contribution >= 4 is 17.5 Å². The van der Waals surface area contributed by atoms with Crippen LogP contribution in [0.4, 0.5) is 4.39 Å². The van der Waals surface area contributed by atoms with E-state index >= 15 is 0 Å². The second kappa shape index (κ2) is 8.49. The number of nitrogens with zero attached hydrogens (tertiary/aromatic N) is 1. The number of benzene rings is 1. The molecule has 0 atom stereocenters. The van der Waals surface area contributed by atoms with Gasteiger partial charge in [0.1, 0.15) is 5.82 Å². The highest BCUT2D eigenvalue weighted by atomic mass is 35.5. The third kappa shape index (κ3) is 4.96. The molecule has 0 unspecified atom stereocenters. The maximum absolute atomic E-state index is 13.0. The molecule has 22 heavy (non-hydrogen) atoms. The Morgan fingerprint density at radius 3 is 2.77 bits per heavy atom. The van der Waals surface area contributed by atoms with Gasteiger partial charge in [0.25, 0.3) is 5.91 Å². The summed E-state index contributed by atoms with van der Waals surface area (Å²) in [6.45, 7) is 1.58. The molecule has 1 N–H and O–H groups in total. The van der Waals surface area contributed by atoms with Gasteiger partial charge in [-0.15, -0.1) is 0 Å². The number of nitrogens with one attached hydrogen (secondary N) is 1. The Balaban J connectivity index is 1.70. The minimum Gasteiger partial charge on any atom is -0.352 e. The first-order valence-corrected chi connectivity index (χ1v) is 8.39. The molecule has 1 aromatic carbocycles. The lowest BCUT2D eigenvalue weighted by Crippen LogP contribution is -2.35. The van der Waals surface area contributed by atoms with Gasteiger partial charge in [0.15, 0.2) is 0 Å². The van der Waals surface area contributed by atoms with E-state index in [1.807, 2.05) is 0 Å². The number of halogens is 2. The molecule has 1 saturated carbocycles. The lowest BCUT2D eigenvalue weighted by atomic mass is 9.94. The Morgan fingerprint density at radius 2 is 2.09 bits per heavy atom. The fourth-order valence-electron chi connectivity index (χ4n) is 3.00. The Kier molecular flexibility index (Phi) is 6.65. The van der Waals surface area contributed by atoms with Gasteiger partial charge < -0.3 is 10.2 Å². The van der Waals surface area contributed by atoms with Crippen LogP contribution in [0.5, 0.6) is 0 Å². The van der Waals surface area contributed by atoms with E-state index in [2.05, 4.69) is 17.3 Å². The Morgan fingerprint density at radius 1 is 1.36 bits per heavy atom. The first kappa shape index (κ1) is 17.2. The summed E-state index contributed by atoms with van der Waals surface area (Å²) >= 11 is 5.88. The number of rotatable bonds is 6. The summed E-state index contributed by atoms with van der Waals surface area (Å²) in [6.07, 6.45) is 7.49. The van der Waals surface area contributed by atoms with Crippen molar-refractivity contribution in [3.05, 3.63) is 34.6 Å². The topological polar surface area (TPSA) is 32.3 Å². The van der Waals surface area contributed by atoms with Crippen molar-refractivity contribution in [2.75, 3.05) is 20.1 Å². The van der Waals surface area contributed by atoms with Crippen LogP contribution in [0.3, 0.4) is 0 Å². The predicted molar refractivity (Wildman–Crippen MR) is 87.9 cm³/mol. The van der Waals surface area contributed by atoms with Gasteiger partial charge in [0.2, 0.25) is 0 Å². The summed E-state index contributed by atoms with van der Waals surface area (Å²) in [6, 6.07) is 4.52. The highest BCUT2D eigenvalue weighted by molar-refractivity contribution is 6.33. The second-order valence-electron chi connectivity index (χ2n) is 6.01. The first-order chi connectivity index (χ1) is 10.6. The van der Waals surface area contributed by atoms with Gasteiger partial charge in [0.05, 0.1) is 10.6 Å². The molecule has 0 spiro atoms. The number of carbonyl (C=O) groups is 1. The molecule has 0 aromatic heterocycles. The van der Waals surface area contributed by atoms with E-state index in [9.17, 15) is 9.18 Å². The van der Waals surface area contributed by atoms with Crippen molar-refractivity contribution in [2.24, 2.45) is 0 Å². The summed E-state index contributed by atoms with van der Waals surface area (Å²) in [7, 11) is 2.16. The zero-order valence-electron chi connectivity index (χ0n) is 13.1. The minimum atomic E-state index is -0.435. The van der Waals surface area contributed by atoms with E-state index in [1.54, 1.807) is 0 Å². The summed E-state index contributed by atoms with van der Waals surface area (Å²) in [5.74, 6) is -0.680. The molecule has 1 aliphatic rings. The van der Waals surface area contributed by atoms with Crippen LogP contribution in [0, 0.1) is 5.82 Å². The smallest absolute Gasteiger partial charge is 0.252 e. The fourth-order valence-corrected chi connectivity index (χ4v) is 3.26. The highest BCUT2D eigenvalue weighted by Crippen LogP contribution is 2.21. The minimum absolute atomic E-state index is 0.150. The van der Waals surface area contributed by atoms with Crippen molar-refractivity contribution in [1.29, 1.82) is 0 Å². The van der Waals surface area contributed by atoms with Gasteiger partial charge >= 0.3 is 0 Å². The van der Waals surface area contributed by atoms with Crippen LogP contribution in [0.2, 0.25) is 5.02 Å². The van der Waals surface area contributed by atoms with Crippen LogP contribution >= 0.6 is 11.6 Å². The average Bonchev–Trinajstić information content (AvgIpc) is 2.52. The van der Waals surface area contributed by atoms with E-state index in [4.69, 9.17) is 11.6 Å². The van der Waals surface area contributed by atoms with Crippen molar-refractivity contribution < 1.29 is 9.18 Å².